The monoisotopic (exact) mass is 337 g/mol. The van der Waals surface area contributed by atoms with Crippen molar-refractivity contribution in [3.05, 3.63) is 21.1 Å². The Bertz CT molecular complexity index is 660. The van der Waals surface area contributed by atoms with E-state index in [-0.39, 0.29) is 11.6 Å². The van der Waals surface area contributed by atoms with E-state index >= 15 is 0 Å². The number of carbonyl (C=O) groups is 1. The lowest BCUT2D eigenvalue weighted by Gasteiger charge is -2.27. The van der Waals surface area contributed by atoms with Gasteiger partial charge in [0.15, 0.2) is 0 Å². The van der Waals surface area contributed by atoms with Crippen LogP contribution in [0.25, 0.3) is 0 Å². The van der Waals surface area contributed by atoms with Crippen LogP contribution in [0.3, 0.4) is 0 Å². The second-order valence-electron chi connectivity index (χ2n) is 5.52. The van der Waals surface area contributed by atoms with E-state index in [4.69, 9.17) is 0 Å². The van der Waals surface area contributed by atoms with Gasteiger partial charge in [-0.05, 0) is 26.2 Å². The predicted molar refractivity (Wildman–Crippen MR) is 88.4 cm³/mol. The first kappa shape index (κ1) is 15.4. The fourth-order valence-corrected chi connectivity index (χ4v) is 4.42. The number of anilines is 1. The zero-order valence-corrected chi connectivity index (χ0v) is 14.3. The van der Waals surface area contributed by atoms with Crippen molar-refractivity contribution < 1.29 is 4.79 Å². The fourth-order valence-electron chi connectivity index (χ4n) is 2.74. The minimum absolute atomic E-state index is 0.228. The van der Waals surface area contributed by atoms with Crippen molar-refractivity contribution in [1.82, 2.24) is 20.5 Å². The number of thiazole rings is 1. The zero-order valence-electron chi connectivity index (χ0n) is 12.7. The van der Waals surface area contributed by atoms with Crippen molar-refractivity contribution in [2.45, 2.75) is 51.5 Å². The maximum atomic E-state index is 12.3. The van der Waals surface area contributed by atoms with Crippen LogP contribution in [0.4, 0.5) is 9.93 Å². The van der Waals surface area contributed by atoms with E-state index in [0.717, 1.165) is 47.8 Å². The molecule has 0 saturated heterocycles. The molecular weight excluding hydrogens is 318 g/mol. The van der Waals surface area contributed by atoms with Crippen LogP contribution in [-0.4, -0.2) is 21.2 Å². The molecule has 0 bridgehead atoms. The van der Waals surface area contributed by atoms with E-state index in [2.05, 4.69) is 25.8 Å². The maximum Gasteiger partial charge on any atom is 0.321 e. The van der Waals surface area contributed by atoms with Gasteiger partial charge < -0.3 is 5.32 Å². The molecule has 0 unspecified atom stereocenters. The van der Waals surface area contributed by atoms with Crippen molar-refractivity contribution in [2.24, 2.45) is 0 Å². The molecule has 0 spiro atoms. The molecule has 1 fully saturated rings. The van der Waals surface area contributed by atoms with Crippen molar-refractivity contribution in [3.63, 3.8) is 0 Å². The predicted octanol–water partition coefficient (Wildman–Crippen LogP) is 3.46. The van der Waals surface area contributed by atoms with Gasteiger partial charge in [-0.1, -0.05) is 31.1 Å². The highest BCUT2D eigenvalue weighted by Gasteiger charge is 2.39. The second-order valence-corrected chi connectivity index (χ2v) is 7.44. The quantitative estimate of drug-likeness (QED) is 0.895. The van der Waals surface area contributed by atoms with Gasteiger partial charge in [-0.3, -0.25) is 5.32 Å². The molecule has 0 aromatic carbocycles. The van der Waals surface area contributed by atoms with E-state index in [0.29, 0.717) is 5.13 Å². The molecule has 0 aliphatic heterocycles. The van der Waals surface area contributed by atoms with E-state index < -0.39 is 0 Å². The van der Waals surface area contributed by atoms with Gasteiger partial charge in [-0.25, -0.2) is 9.78 Å². The van der Waals surface area contributed by atoms with Crippen LogP contribution in [0.15, 0.2) is 5.38 Å². The molecule has 1 aliphatic rings. The number of aryl methyl sites for hydroxylation is 2. The number of rotatable bonds is 4. The molecule has 2 heterocycles. The van der Waals surface area contributed by atoms with Gasteiger partial charge in [-0.15, -0.1) is 21.5 Å². The van der Waals surface area contributed by atoms with Gasteiger partial charge >= 0.3 is 6.03 Å². The first-order chi connectivity index (χ1) is 10.6. The third kappa shape index (κ3) is 3.12. The molecular formula is C14H19N5OS2. The molecule has 3 rings (SSSR count). The summed E-state index contributed by atoms with van der Waals surface area (Å²) in [5.41, 5.74) is 0.673. The van der Waals surface area contributed by atoms with Crippen molar-refractivity contribution in [1.29, 1.82) is 0 Å². The number of amides is 2. The van der Waals surface area contributed by atoms with E-state index in [9.17, 15) is 4.79 Å². The van der Waals surface area contributed by atoms with Crippen molar-refractivity contribution in [3.8, 4) is 0 Å². The average Bonchev–Trinajstić information content (AvgIpc) is 3.20. The van der Waals surface area contributed by atoms with Gasteiger partial charge in [0, 0.05) is 11.1 Å². The number of carbonyl (C=O) groups excluding carboxylic acids is 1. The zero-order chi connectivity index (χ0) is 15.6. The fraction of sp³-hybridized carbons (Fsp3) is 0.571. The number of hydrogen-bond donors (Lipinski definition) is 2. The van der Waals surface area contributed by atoms with Crippen LogP contribution >= 0.6 is 22.7 Å². The Morgan fingerprint density at radius 2 is 2.14 bits per heavy atom. The Kier molecular flexibility index (Phi) is 4.39. The number of urea groups is 1. The Balaban J connectivity index is 1.72. The third-order valence-corrected chi connectivity index (χ3v) is 5.98. The number of nitrogens with one attached hydrogen (secondary N) is 2. The molecule has 118 valence electrons. The van der Waals surface area contributed by atoms with Gasteiger partial charge in [0.25, 0.3) is 0 Å². The summed E-state index contributed by atoms with van der Waals surface area (Å²) < 4.78 is 0. The van der Waals surface area contributed by atoms with Crippen LogP contribution in [0.2, 0.25) is 0 Å². The summed E-state index contributed by atoms with van der Waals surface area (Å²) in [6, 6.07) is -0.228. The van der Waals surface area contributed by atoms with E-state index in [1.54, 1.807) is 11.3 Å². The van der Waals surface area contributed by atoms with Crippen molar-refractivity contribution in [2.75, 3.05) is 5.32 Å². The standard InChI is InChI=1S/C14H19N5OS2/c1-3-10-18-19-13(22-10)16-12(20)17-14(6-4-5-7-14)11-15-9(2)8-21-11/h8H,3-7H2,1-2H3,(H2,16,17,19,20). The molecule has 2 aromatic heterocycles. The molecule has 6 nitrogen and oxygen atoms in total. The lowest BCUT2D eigenvalue weighted by Crippen LogP contribution is -2.45. The summed E-state index contributed by atoms with van der Waals surface area (Å²) in [6.45, 7) is 4.00. The Morgan fingerprint density at radius 1 is 1.36 bits per heavy atom. The maximum absolute atomic E-state index is 12.3. The first-order valence-corrected chi connectivity index (χ1v) is 9.15. The van der Waals surface area contributed by atoms with E-state index in [1.807, 2.05) is 19.2 Å². The molecule has 0 atom stereocenters. The summed E-state index contributed by atoms with van der Waals surface area (Å²) in [6.07, 6.45) is 4.91. The summed E-state index contributed by atoms with van der Waals surface area (Å²) in [4.78, 5) is 16.9. The molecule has 1 aliphatic carbocycles. The number of nitrogens with zero attached hydrogens (tertiary/aromatic N) is 3. The Morgan fingerprint density at radius 3 is 2.73 bits per heavy atom. The SMILES string of the molecule is CCc1nnc(NC(=O)NC2(c3nc(C)cs3)CCCC2)s1. The van der Waals surface area contributed by atoms with Crippen LogP contribution < -0.4 is 10.6 Å². The van der Waals surface area contributed by atoms with Gasteiger partial charge in [0.05, 0.1) is 5.54 Å². The highest BCUT2D eigenvalue weighted by Crippen LogP contribution is 2.40. The highest BCUT2D eigenvalue weighted by molar-refractivity contribution is 7.15. The minimum Gasteiger partial charge on any atom is -0.326 e. The smallest absolute Gasteiger partial charge is 0.321 e. The molecule has 8 heteroatoms. The first-order valence-electron chi connectivity index (χ1n) is 7.45. The molecule has 2 amide bonds. The molecule has 22 heavy (non-hydrogen) atoms. The summed E-state index contributed by atoms with van der Waals surface area (Å²) in [5, 5.41) is 18.4. The normalized spacial score (nSPS) is 16.6. The molecule has 1 saturated carbocycles. The van der Waals surface area contributed by atoms with Gasteiger partial charge in [-0.2, -0.15) is 0 Å². The summed E-state index contributed by atoms with van der Waals surface area (Å²) in [7, 11) is 0. The van der Waals surface area contributed by atoms with Crippen molar-refractivity contribution >= 4 is 33.8 Å². The number of aromatic nitrogens is 3. The van der Waals surface area contributed by atoms with Crippen LogP contribution in [-0.2, 0) is 12.0 Å². The van der Waals surface area contributed by atoms with E-state index in [1.165, 1.54) is 11.3 Å². The largest absolute Gasteiger partial charge is 0.326 e. The average molecular weight is 337 g/mol. The lowest BCUT2D eigenvalue weighted by atomic mass is 9.99. The second kappa shape index (κ2) is 6.29. The third-order valence-electron chi connectivity index (χ3n) is 3.83. The van der Waals surface area contributed by atoms with Gasteiger partial charge in [0.1, 0.15) is 10.0 Å². The Hall–Kier alpha value is -1.54. The highest BCUT2D eigenvalue weighted by atomic mass is 32.1. The van der Waals surface area contributed by atoms with Crippen LogP contribution in [0.5, 0.6) is 0 Å². The lowest BCUT2D eigenvalue weighted by molar-refractivity contribution is 0.236. The molecule has 0 radical (unpaired) electrons. The Labute approximate surface area is 137 Å². The van der Waals surface area contributed by atoms with Crippen LogP contribution in [0, 0.1) is 6.92 Å². The van der Waals surface area contributed by atoms with Gasteiger partial charge in [0.2, 0.25) is 5.13 Å². The summed E-state index contributed by atoms with van der Waals surface area (Å²) >= 11 is 3.03. The minimum atomic E-state index is -0.332. The molecule has 2 aromatic rings. The number of hydrogen-bond acceptors (Lipinski definition) is 6. The summed E-state index contributed by atoms with van der Waals surface area (Å²) in [5.74, 6) is 0. The van der Waals surface area contributed by atoms with Crippen LogP contribution in [0.1, 0.15) is 48.3 Å². The molecule has 2 N–H and O–H groups in total. The topological polar surface area (TPSA) is 79.8 Å².